The Hall–Kier alpha value is -2.90. The van der Waals surface area contributed by atoms with Crippen molar-refractivity contribution in [3.05, 3.63) is 54.6 Å². The number of hydrogen-bond acceptors (Lipinski definition) is 5. The molecule has 2 aromatic rings. The van der Waals surface area contributed by atoms with E-state index in [0.29, 0.717) is 30.2 Å². The van der Waals surface area contributed by atoms with Gasteiger partial charge in [0.2, 0.25) is 5.91 Å². The van der Waals surface area contributed by atoms with Crippen LogP contribution in [0.25, 0.3) is 0 Å². The Morgan fingerprint density at radius 1 is 1.18 bits per heavy atom. The first-order chi connectivity index (χ1) is 13.5. The van der Waals surface area contributed by atoms with Gasteiger partial charge in [-0.3, -0.25) is 9.69 Å². The molecule has 0 radical (unpaired) electrons. The van der Waals surface area contributed by atoms with Gasteiger partial charge in [0.15, 0.2) is 6.29 Å². The molecule has 28 heavy (non-hydrogen) atoms. The second-order valence-electron chi connectivity index (χ2n) is 6.45. The third-order valence-corrected chi connectivity index (χ3v) is 4.16. The molecular formula is C21H24N2O5. The van der Waals surface area contributed by atoms with Crippen LogP contribution in [-0.2, 0) is 14.3 Å². The van der Waals surface area contributed by atoms with Crippen molar-refractivity contribution < 1.29 is 23.8 Å². The monoisotopic (exact) mass is 384 g/mol. The molecule has 7 heteroatoms. The fourth-order valence-corrected chi connectivity index (χ4v) is 2.76. The van der Waals surface area contributed by atoms with E-state index < -0.39 is 12.4 Å². The van der Waals surface area contributed by atoms with Crippen molar-refractivity contribution >= 4 is 23.4 Å². The molecule has 2 aromatic carbocycles. The first-order valence-corrected chi connectivity index (χ1v) is 9.26. The number of hydrogen-bond donors (Lipinski definition) is 1. The number of amides is 2. The van der Waals surface area contributed by atoms with Crippen molar-refractivity contribution in [3.63, 3.8) is 0 Å². The maximum atomic E-state index is 12.9. The Morgan fingerprint density at radius 2 is 1.96 bits per heavy atom. The highest BCUT2D eigenvalue weighted by atomic mass is 16.7. The predicted octanol–water partition coefficient (Wildman–Crippen LogP) is 3.80. The van der Waals surface area contributed by atoms with Crippen LogP contribution in [0.4, 0.5) is 16.2 Å². The lowest BCUT2D eigenvalue weighted by Crippen LogP contribution is -2.40. The topological polar surface area (TPSA) is 77.1 Å². The highest BCUT2D eigenvalue weighted by Crippen LogP contribution is 2.22. The number of nitrogens with zero attached hydrogens (tertiary/aromatic N) is 1. The van der Waals surface area contributed by atoms with Crippen LogP contribution in [0.2, 0.25) is 0 Å². The Bertz CT molecular complexity index is 811. The fraction of sp³-hybridized carbons (Fsp3) is 0.333. The highest BCUT2D eigenvalue weighted by Gasteiger charge is 2.28. The zero-order valence-electron chi connectivity index (χ0n) is 16.0. The smallest absolute Gasteiger partial charge is 0.410 e. The molecule has 0 saturated carbocycles. The number of carbonyl (C=O) groups excluding carboxylic acids is 2. The molecule has 1 N–H and O–H groups in total. The summed E-state index contributed by atoms with van der Waals surface area (Å²) in [5.74, 6) is 0.223. The predicted molar refractivity (Wildman–Crippen MR) is 105 cm³/mol. The van der Waals surface area contributed by atoms with Gasteiger partial charge in [-0.2, -0.15) is 0 Å². The van der Waals surface area contributed by atoms with Gasteiger partial charge in [0, 0.05) is 23.9 Å². The molecule has 148 valence electrons. The van der Waals surface area contributed by atoms with Gasteiger partial charge in [0.1, 0.15) is 5.75 Å². The van der Waals surface area contributed by atoms with Crippen molar-refractivity contribution in [3.8, 4) is 5.75 Å². The number of nitrogens with one attached hydrogen (secondary N) is 1. The van der Waals surface area contributed by atoms with Gasteiger partial charge < -0.3 is 19.5 Å². The molecule has 1 aliphatic heterocycles. The number of ether oxygens (including phenoxy) is 3. The third-order valence-electron chi connectivity index (χ3n) is 4.16. The molecule has 0 spiro atoms. The molecule has 0 bridgehead atoms. The summed E-state index contributed by atoms with van der Waals surface area (Å²) in [5, 5.41) is 2.75. The molecule has 2 atom stereocenters. The van der Waals surface area contributed by atoms with E-state index in [2.05, 4.69) is 5.32 Å². The molecule has 1 fully saturated rings. The summed E-state index contributed by atoms with van der Waals surface area (Å²) in [6, 6.07) is 15.9. The van der Waals surface area contributed by atoms with Crippen molar-refractivity contribution in [1.82, 2.24) is 0 Å². The molecule has 7 nitrogen and oxygen atoms in total. The van der Waals surface area contributed by atoms with E-state index in [1.54, 1.807) is 31.2 Å². The first kappa shape index (κ1) is 19.9. The van der Waals surface area contributed by atoms with Crippen molar-refractivity contribution in [2.24, 2.45) is 0 Å². The molecule has 3 rings (SSSR count). The Labute approximate surface area is 164 Å². The zero-order chi connectivity index (χ0) is 19.9. The van der Waals surface area contributed by atoms with Gasteiger partial charge in [-0.15, -0.1) is 0 Å². The maximum absolute atomic E-state index is 12.9. The minimum atomic E-state index is -0.558. The fourth-order valence-electron chi connectivity index (χ4n) is 2.76. The SMILES string of the molecule is CCC(=O)Nc1cccc(OC(=O)N(CC2OCC(C)O2)c2ccccc2)c1. The minimum Gasteiger partial charge on any atom is -0.410 e. The van der Waals surface area contributed by atoms with Gasteiger partial charge in [-0.1, -0.05) is 31.2 Å². The average Bonchev–Trinajstić information content (AvgIpc) is 3.11. The van der Waals surface area contributed by atoms with Gasteiger partial charge in [-0.25, -0.2) is 4.79 Å². The Balaban J connectivity index is 1.74. The van der Waals surface area contributed by atoms with E-state index in [9.17, 15) is 9.59 Å². The van der Waals surface area contributed by atoms with Crippen LogP contribution in [0.15, 0.2) is 54.6 Å². The van der Waals surface area contributed by atoms with Gasteiger partial charge >= 0.3 is 6.09 Å². The van der Waals surface area contributed by atoms with Crippen molar-refractivity contribution in [1.29, 1.82) is 0 Å². The summed E-state index contributed by atoms with van der Waals surface area (Å²) >= 11 is 0. The second kappa shape index (κ2) is 9.34. The van der Waals surface area contributed by atoms with E-state index in [-0.39, 0.29) is 18.6 Å². The van der Waals surface area contributed by atoms with Crippen molar-refractivity contribution in [2.45, 2.75) is 32.7 Å². The maximum Gasteiger partial charge on any atom is 0.419 e. The van der Waals surface area contributed by atoms with Crippen LogP contribution in [0.3, 0.4) is 0 Å². The summed E-state index contributed by atoms with van der Waals surface area (Å²) in [7, 11) is 0. The lowest BCUT2D eigenvalue weighted by molar-refractivity contribution is -0.115. The van der Waals surface area contributed by atoms with E-state index in [1.165, 1.54) is 4.90 Å². The standard InChI is InChI=1S/C21H24N2O5/c1-3-19(24)22-16-8-7-11-18(12-16)28-21(25)23(17-9-5-4-6-10-17)13-20-26-14-15(2)27-20/h4-12,15,20H,3,13-14H2,1-2H3,(H,22,24). The van der Waals surface area contributed by atoms with E-state index in [0.717, 1.165) is 0 Å². The van der Waals surface area contributed by atoms with Crippen LogP contribution in [0.1, 0.15) is 20.3 Å². The molecule has 2 unspecified atom stereocenters. The first-order valence-electron chi connectivity index (χ1n) is 9.26. The Morgan fingerprint density at radius 3 is 2.64 bits per heavy atom. The number of carbonyl (C=O) groups is 2. The number of para-hydroxylation sites is 1. The van der Waals surface area contributed by atoms with Gasteiger partial charge in [0.05, 0.1) is 19.3 Å². The number of rotatable bonds is 6. The second-order valence-corrected chi connectivity index (χ2v) is 6.45. The van der Waals surface area contributed by atoms with E-state index in [1.807, 2.05) is 37.3 Å². The quantitative estimate of drug-likeness (QED) is 0.820. The molecule has 0 aromatic heterocycles. The molecule has 1 saturated heterocycles. The van der Waals surface area contributed by atoms with Crippen LogP contribution in [0.5, 0.6) is 5.75 Å². The largest absolute Gasteiger partial charge is 0.419 e. The lowest BCUT2D eigenvalue weighted by Gasteiger charge is -2.24. The average molecular weight is 384 g/mol. The zero-order valence-corrected chi connectivity index (χ0v) is 16.0. The highest BCUT2D eigenvalue weighted by molar-refractivity contribution is 5.91. The molecule has 0 aliphatic carbocycles. The van der Waals surface area contributed by atoms with Crippen molar-refractivity contribution in [2.75, 3.05) is 23.4 Å². The molecule has 1 aliphatic rings. The Kier molecular flexibility index (Phi) is 6.62. The summed E-state index contributed by atoms with van der Waals surface area (Å²) in [6.07, 6.45) is -0.724. The lowest BCUT2D eigenvalue weighted by atomic mass is 10.3. The molecular weight excluding hydrogens is 360 g/mol. The minimum absolute atomic E-state index is 0.0162. The molecule has 2 amide bonds. The third kappa shape index (κ3) is 5.31. The van der Waals surface area contributed by atoms with E-state index in [4.69, 9.17) is 14.2 Å². The summed E-state index contributed by atoms with van der Waals surface area (Å²) < 4.78 is 16.8. The number of benzene rings is 2. The van der Waals surface area contributed by atoms with Crippen LogP contribution in [-0.4, -0.2) is 37.5 Å². The summed E-state index contributed by atoms with van der Waals surface area (Å²) in [6.45, 7) is 4.38. The summed E-state index contributed by atoms with van der Waals surface area (Å²) in [5.41, 5.74) is 1.24. The van der Waals surface area contributed by atoms with Crippen LogP contribution in [0, 0.1) is 0 Å². The van der Waals surface area contributed by atoms with Crippen LogP contribution < -0.4 is 15.0 Å². The number of anilines is 2. The molecule has 1 heterocycles. The van der Waals surface area contributed by atoms with Gasteiger partial charge in [-0.05, 0) is 31.2 Å². The summed E-state index contributed by atoms with van der Waals surface area (Å²) in [4.78, 5) is 25.9. The van der Waals surface area contributed by atoms with E-state index >= 15 is 0 Å². The van der Waals surface area contributed by atoms with Crippen LogP contribution >= 0.6 is 0 Å². The van der Waals surface area contributed by atoms with Gasteiger partial charge in [0.25, 0.3) is 0 Å². The normalized spacial score (nSPS) is 18.5.